The second-order valence-electron chi connectivity index (χ2n) is 10.5. The lowest BCUT2D eigenvalue weighted by Gasteiger charge is -2.50. The van der Waals surface area contributed by atoms with Gasteiger partial charge in [-0.3, -0.25) is 0 Å². The van der Waals surface area contributed by atoms with E-state index in [1.54, 1.807) is 0 Å². The zero-order valence-corrected chi connectivity index (χ0v) is 21.5. The molecule has 216 valence electrons. The van der Waals surface area contributed by atoms with E-state index >= 15 is 0 Å². The second-order valence-corrected chi connectivity index (χ2v) is 10.5. The highest BCUT2D eigenvalue weighted by atomic mass is 16.7. The predicted octanol–water partition coefficient (Wildman–Crippen LogP) is 2.79. The van der Waals surface area contributed by atoms with E-state index in [0.29, 0.717) is 5.56 Å². The molecule has 42 heavy (non-hydrogen) atoms. The van der Waals surface area contributed by atoms with E-state index in [0.717, 1.165) is 12.1 Å². The highest BCUT2D eigenvalue weighted by molar-refractivity contribution is 5.68. The SMILES string of the molecule is Oc1cc(O)c2c(c1)O[C@@]1(c3ccc(O)c(O)c3)Oc3cc(O)c4c(c3[C@@H]2[C@@H]1O)O[C@H](c1ccc(O)c(O)c1)[C@H](O)C4. The topological polar surface area (TPSA) is 210 Å². The largest absolute Gasteiger partial charge is 0.508 e. The maximum atomic E-state index is 11.9. The number of aromatic hydroxyl groups is 7. The fraction of sp³-hybridized carbons (Fsp3) is 0.200. The summed E-state index contributed by atoms with van der Waals surface area (Å²) in [6.07, 6.45) is -4.00. The molecule has 0 fully saturated rings. The third kappa shape index (κ3) is 3.49. The lowest BCUT2D eigenvalue weighted by Crippen LogP contribution is -2.57. The maximum Gasteiger partial charge on any atom is 0.305 e. The number of hydrogen-bond acceptors (Lipinski definition) is 12. The predicted molar refractivity (Wildman–Crippen MR) is 141 cm³/mol. The molecule has 5 atom stereocenters. The summed E-state index contributed by atoms with van der Waals surface area (Å²) in [7, 11) is 0. The normalized spacial score (nSPS) is 25.2. The molecule has 3 aliphatic heterocycles. The van der Waals surface area contributed by atoms with E-state index in [1.807, 2.05) is 0 Å². The Bertz CT molecular complexity index is 1790. The van der Waals surface area contributed by atoms with Crippen molar-refractivity contribution in [3.05, 3.63) is 82.4 Å². The number of fused-ring (bicyclic) bond motifs is 8. The van der Waals surface area contributed by atoms with Gasteiger partial charge in [-0.15, -0.1) is 0 Å². The van der Waals surface area contributed by atoms with Gasteiger partial charge in [0.1, 0.15) is 46.7 Å². The van der Waals surface area contributed by atoms with Crippen molar-refractivity contribution in [2.75, 3.05) is 0 Å². The molecule has 0 saturated heterocycles. The number of rotatable bonds is 2. The van der Waals surface area contributed by atoms with Gasteiger partial charge >= 0.3 is 5.79 Å². The number of phenolic OH excluding ortho intramolecular Hbond substituents is 7. The number of ether oxygens (including phenoxy) is 3. The molecule has 0 unspecified atom stereocenters. The Kier molecular flexibility index (Phi) is 5.30. The number of aliphatic hydroxyl groups excluding tert-OH is 2. The molecule has 2 bridgehead atoms. The second kappa shape index (κ2) is 8.65. The monoisotopic (exact) mass is 576 g/mol. The summed E-state index contributed by atoms with van der Waals surface area (Å²) in [5.74, 6) is -6.11. The van der Waals surface area contributed by atoms with Gasteiger partial charge in [-0.05, 0) is 35.9 Å². The average Bonchev–Trinajstić information content (AvgIpc) is 2.92. The Morgan fingerprint density at radius 2 is 1.31 bits per heavy atom. The Morgan fingerprint density at radius 1 is 0.643 bits per heavy atom. The summed E-state index contributed by atoms with van der Waals surface area (Å²) in [6, 6.07) is 11.1. The third-order valence-electron chi connectivity index (χ3n) is 8.03. The van der Waals surface area contributed by atoms with E-state index in [2.05, 4.69) is 0 Å². The molecule has 0 aliphatic carbocycles. The van der Waals surface area contributed by atoms with Crippen molar-refractivity contribution >= 4 is 0 Å². The van der Waals surface area contributed by atoms with Crippen LogP contribution in [-0.4, -0.2) is 58.2 Å². The molecule has 12 heteroatoms. The molecular weight excluding hydrogens is 552 g/mol. The molecular formula is C30H24O12. The Labute approximate surface area is 236 Å². The molecule has 4 aromatic rings. The lowest BCUT2D eigenvalue weighted by atomic mass is 9.74. The first-order chi connectivity index (χ1) is 20.0. The van der Waals surface area contributed by atoms with Crippen LogP contribution in [-0.2, 0) is 12.2 Å². The first kappa shape index (κ1) is 25.7. The van der Waals surface area contributed by atoms with Crippen LogP contribution in [0.3, 0.4) is 0 Å². The zero-order chi connectivity index (χ0) is 29.7. The zero-order valence-electron chi connectivity index (χ0n) is 21.5. The summed E-state index contributed by atoms with van der Waals surface area (Å²) in [4.78, 5) is 0. The van der Waals surface area contributed by atoms with Gasteiger partial charge < -0.3 is 60.2 Å². The van der Waals surface area contributed by atoms with Crippen LogP contribution in [0, 0.1) is 0 Å². The molecule has 0 saturated carbocycles. The molecule has 0 amide bonds. The van der Waals surface area contributed by atoms with Crippen molar-refractivity contribution in [2.45, 2.75) is 36.4 Å². The van der Waals surface area contributed by atoms with E-state index < -0.39 is 53.0 Å². The fourth-order valence-corrected chi connectivity index (χ4v) is 6.09. The minimum Gasteiger partial charge on any atom is -0.508 e. The summed E-state index contributed by atoms with van der Waals surface area (Å²) in [5, 5.41) is 95.1. The molecule has 3 heterocycles. The molecule has 3 aliphatic rings. The number of aliphatic hydroxyl groups is 2. The van der Waals surface area contributed by atoms with Crippen molar-refractivity contribution in [3.8, 4) is 57.5 Å². The Balaban J connectivity index is 1.47. The Hall–Kier alpha value is -5.20. The van der Waals surface area contributed by atoms with Gasteiger partial charge in [0.25, 0.3) is 0 Å². The van der Waals surface area contributed by atoms with Crippen molar-refractivity contribution in [1.82, 2.24) is 0 Å². The van der Waals surface area contributed by atoms with Crippen molar-refractivity contribution in [3.63, 3.8) is 0 Å². The number of benzene rings is 4. The summed E-state index contributed by atoms with van der Waals surface area (Å²) >= 11 is 0. The van der Waals surface area contributed by atoms with Crippen LogP contribution in [0.15, 0.2) is 54.6 Å². The van der Waals surface area contributed by atoms with E-state index in [1.165, 1.54) is 42.5 Å². The molecule has 12 nitrogen and oxygen atoms in total. The lowest BCUT2D eigenvalue weighted by molar-refractivity contribution is -0.219. The molecule has 4 aromatic carbocycles. The standard InChI is InChI=1S/C30H24O12/c31-13-7-20(37)24-22(8-13)41-30(12-2-4-16(33)19(36)6-12)29(39)26(24)25-23(42-30)10-17(34)14-9-21(38)27(40-28(14)25)11-1-3-15(32)18(35)5-11/h1-8,10,21,26-27,29,31-39H,9H2/t21-,26-,27-,29+,30+/m1/s1. The first-order valence-corrected chi connectivity index (χ1v) is 12.9. The average molecular weight is 577 g/mol. The van der Waals surface area contributed by atoms with Gasteiger partial charge in [0, 0.05) is 46.9 Å². The summed E-state index contributed by atoms with van der Waals surface area (Å²) in [6.45, 7) is 0. The van der Waals surface area contributed by atoms with Crippen LogP contribution in [0.2, 0.25) is 0 Å². The third-order valence-corrected chi connectivity index (χ3v) is 8.03. The minimum atomic E-state index is -2.09. The molecule has 0 radical (unpaired) electrons. The van der Waals surface area contributed by atoms with Crippen molar-refractivity contribution in [1.29, 1.82) is 0 Å². The van der Waals surface area contributed by atoms with Gasteiger partial charge in [0.05, 0.1) is 12.0 Å². The fourth-order valence-electron chi connectivity index (χ4n) is 6.09. The molecule has 0 aromatic heterocycles. The van der Waals surface area contributed by atoms with Crippen molar-refractivity contribution in [2.24, 2.45) is 0 Å². The smallest absolute Gasteiger partial charge is 0.305 e. The van der Waals surface area contributed by atoms with Crippen LogP contribution in [0.5, 0.6) is 57.5 Å². The number of hydrogen-bond donors (Lipinski definition) is 9. The summed E-state index contributed by atoms with van der Waals surface area (Å²) < 4.78 is 18.6. The number of phenols is 7. The van der Waals surface area contributed by atoms with Gasteiger partial charge in [0.2, 0.25) is 0 Å². The first-order valence-electron chi connectivity index (χ1n) is 12.9. The van der Waals surface area contributed by atoms with Crippen LogP contribution in [0.1, 0.15) is 39.8 Å². The summed E-state index contributed by atoms with van der Waals surface area (Å²) in [5.41, 5.74) is 0.842. The van der Waals surface area contributed by atoms with Crippen LogP contribution >= 0.6 is 0 Å². The minimum absolute atomic E-state index is 0.0177. The highest BCUT2D eigenvalue weighted by Crippen LogP contribution is 2.62. The molecule has 9 N–H and O–H groups in total. The molecule has 0 spiro atoms. The highest BCUT2D eigenvalue weighted by Gasteiger charge is 2.60. The van der Waals surface area contributed by atoms with Crippen LogP contribution < -0.4 is 14.2 Å². The van der Waals surface area contributed by atoms with Gasteiger partial charge in [-0.25, -0.2) is 0 Å². The van der Waals surface area contributed by atoms with Gasteiger partial charge in [-0.1, -0.05) is 6.07 Å². The van der Waals surface area contributed by atoms with Crippen LogP contribution in [0.25, 0.3) is 0 Å². The van der Waals surface area contributed by atoms with Gasteiger partial charge in [0.15, 0.2) is 23.0 Å². The quantitative estimate of drug-likeness (QED) is 0.158. The van der Waals surface area contributed by atoms with Gasteiger partial charge in [-0.2, -0.15) is 0 Å². The van der Waals surface area contributed by atoms with E-state index in [-0.39, 0.29) is 63.2 Å². The van der Waals surface area contributed by atoms with Crippen molar-refractivity contribution < 1.29 is 60.2 Å². The maximum absolute atomic E-state index is 11.9. The van der Waals surface area contributed by atoms with E-state index in [9.17, 15) is 46.0 Å². The van der Waals surface area contributed by atoms with Crippen LogP contribution in [0.4, 0.5) is 0 Å². The van der Waals surface area contributed by atoms with E-state index in [4.69, 9.17) is 14.2 Å². The molecule has 7 rings (SSSR count). The Morgan fingerprint density at radius 3 is 2.00 bits per heavy atom.